The molecule has 0 fully saturated rings. The van der Waals surface area contributed by atoms with Gasteiger partial charge in [-0.15, -0.1) is 11.8 Å². The van der Waals surface area contributed by atoms with E-state index in [1.165, 1.54) is 23.1 Å². The molecule has 0 amide bonds. The first-order valence-corrected chi connectivity index (χ1v) is 6.44. The quantitative estimate of drug-likeness (QED) is 0.626. The lowest BCUT2D eigenvalue weighted by molar-refractivity contribution is -0.143. The van der Waals surface area contributed by atoms with Crippen LogP contribution >= 0.6 is 11.8 Å². The van der Waals surface area contributed by atoms with Crippen LogP contribution in [0.2, 0.25) is 0 Å². The third kappa shape index (κ3) is 2.08. The van der Waals surface area contributed by atoms with Gasteiger partial charge in [0.1, 0.15) is 6.04 Å². The van der Waals surface area contributed by atoms with E-state index in [1.807, 2.05) is 0 Å². The number of thioether (sulfide) groups is 1. The van der Waals surface area contributed by atoms with Gasteiger partial charge in [0.15, 0.2) is 0 Å². The molecular weight excluding hydrogens is 222 g/mol. The Morgan fingerprint density at radius 3 is 3.06 bits per heavy atom. The maximum absolute atomic E-state index is 11.5. The average Bonchev–Trinajstić information content (AvgIpc) is 2.36. The lowest BCUT2D eigenvalue weighted by Crippen LogP contribution is -2.42. The number of carbonyl (C=O) groups excluding carboxylic acids is 1. The summed E-state index contributed by atoms with van der Waals surface area (Å²) in [6, 6.07) is 6.06. The number of nitrogens with one attached hydrogen (secondary N) is 1. The summed E-state index contributed by atoms with van der Waals surface area (Å²) >= 11 is 1.72. The predicted octanol–water partition coefficient (Wildman–Crippen LogP) is 1.60. The summed E-state index contributed by atoms with van der Waals surface area (Å²) in [5, 5.41) is 3.19. The average molecular weight is 237 g/mol. The Bertz CT molecular complexity index is 392. The van der Waals surface area contributed by atoms with E-state index in [4.69, 9.17) is 4.74 Å². The highest BCUT2D eigenvalue weighted by molar-refractivity contribution is 7.98. The summed E-state index contributed by atoms with van der Waals surface area (Å²) in [4.78, 5) is 12.7. The zero-order valence-corrected chi connectivity index (χ0v) is 10.3. The van der Waals surface area contributed by atoms with Gasteiger partial charge in [0.2, 0.25) is 0 Å². The lowest BCUT2D eigenvalue weighted by Gasteiger charge is -2.25. The van der Waals surface area contributed by atoms with Crippen molar-refractivity contribution >= 4 is 17.7 Å². The molecule has 1 N–H and O–H groups in total. The molecule has 1 unspecified atom stereocenters. The fourth-order valence-electron chi connectivity index (χ4n) is 2.02. The minimum atomic E-state index is -0.203. The predicted molar refractivity (Wildman–Crippen MR) is 64.6 cm³/mol. The highest BCUT2D eigenvalue weighted by Crippen LogP contribution is 2.27. The molecule has 1 aliphatic heterocycles. The van der Waals surface area contributed by atoms with Crippen molar-refractivity contribution in [3.63, 3.8) is 0 Å². The van der Waals surface area contributed by atoms with Crippen LogP contribution in [-0.2, 0) is 22.5 Å². The van der Waals surface area contributed by atoms with Crippen LogP contribution in [0.15, 0.2) is 23.1 Å². The van der Waals surface area contributed by atoms with Crippen molar-refractivity contribution in [1.29, 1.82) is 0 Å². The Kier molecular flexibility index (Phi) is 3.51. The maximum atomic E-state index is 11.5. The molecule has 0 spiro atoms. The second-order valence-electron chi connectivity index (χ2n) is 3.76. The molecule has 1 atom stereocenters. The van der Waals surface area contributed by atoms with Crippen LogP contribution < -0.4 is 5.32 Å². The van der Waals surface area contributed by atoms with Crippen molar-refractivity contribution < 1.29 is 9.53 Å². The molecule has 1 aliphatic rings. The van der Waals surface area contributed by atoms with E-state index in [0.717, 1.165) is 13.0 Å². The second-order valence-corrected chi connectivity index (χ2v) is 4.61. The Labute approximate surface area is 99.6 Å². The van der Waals surface area contributed by atoms with Crippen molar-refractivity contribution in [2.75, 3.05) is 13.4 Å². The summed E-state index contributed by atoms with van der Waals surface area (Å²) in [6.07, 6.45) is 2.78. The molecule has 1 heterocycles. The van der Waals surface area contributed by atoms with Gasteiger partial charge < -0.3 is 10.1 Å². The fourth-order valence-corrected chi connectivity index (χ4v) is 2.69. The molecule has 1 aromatic carbocycles. The smallest absolute Gasteiger partial charge is 0.323 e. The van der Waals surface area contributed by atoms with Crippen molar-refractivity contribution in [2.45, 2.75) is 23.9 Å². The number of ether oxygens (including phenoxy) is 1. The van der Waals surface area contributed by atoms with E-state index < -0.39 is 0 Å². The third-order valence-corrected chi connectivity index (χ3v) is 3.71. The monoisotopic (exact) mass is 237 g/mol. The van der Waals surface area contributed by atoms with E-state index >= 15 is 0 Å². The Hall–Kier alpha value is -1.00. The lowest BCUT2D eigenvalue weighted by atomic mass is 9.96. The van der Waals surface area contributed by atoms with E-state index in [0.29, 0.717) is 0 Å². The molecule has 0 saturated heterocycles. The molecule has 86 valence electrons. The van der Waals surface area contributed by atoms with Gasteiger partial charge in [-0.3, -0.25) is 4.79 Å². The van der Waals surface area contributed by atoms with Gasteiger partial charge in [-0.2, -0.15) is 0 Å². The van der Waals surface area contributed by atoms with E-state index in [2.05, 4.69) is 29.8 Å². The van der Waals surface area contributed by atoms with Crippen molar-refractivity contribution in [3.8, 4) is 0 Å². The van der Waals surface area contributed by atoms with E-state index in [-0.39, 0.29) is 12.0 Å². The molecule has 16 heavy (non-hydrogen) atoms. The van der Waals surface area contributed by atoms with Gasteiger partial charge in [-0.05, 0) is 29.9 Å². The number of methoxy groups -OCH3 is 1. The highest BCUT2D eigenvalue weighted by Gasteiger charge is 2.25. The molecule has 0 aromatic heterocycles. The summed E-state index contributed by atoms with van der Waals surface area (Å²) in [6.45, 7) is 0.740. The zero-order chi connectivity index (χ0) is 11.5. The molecule has 0 saturated carbocycles. The van der Waals surface area contributed by atoms with Gasteiger partial charge in [-0.1, -0.05) is 12.1 Å². The molecule has 3 nitrogen and oxygen atoms in total. The van der Waals surface area contributed by atoms with Crippen molar-refractivity contribution in [2.24, 2.45) is 0 Å². The van der Waals surface area contributed by atoms with Gasteiger partial charge in [-0.25, -0.2) is 0 Å². The molecular formula is C12H15NO2S. The summed E-state index contributed by atoms with van der Waals surface area (Å²) in [7, 11) is 1.43. The molecule has 4 heteroatoms. The van der Waals surface area contributed by atoms with Crippen LogP contribution in [0, 0.1) is 0 Å². The largest absolute Gasteiger partial charge is 0.468 e. The van der Waals surface area contributed by atoms with Crippen LogP contribution in [-0.4, -0.2) is 25.4 Å². The van der Waals surface area contributed by atoms with Crippen molar-refractivity contribution in [3.05, 3.63) is 29.3 Å². The van der Waals surface area contributed by atoms with Gasteiger partial charge in [0.25, 0.3) is 0 Å². The van der Waals surface area contributed by atoms with Gasteiger partial charge >= 0.3 is 5.97 Å². The standard InChI is InChI=1S/C12H15NO2S/c1-15-12(14)10-6-9-8(7-13-10)4-3-5-11(9)16-2/h3-5,10,13H,6-7H2,1-2H3. The van der Waals surface area contributed by atoms with Crippen LogP contribution in [0.1, 0.15) is 11.1 Å². The minimum Gasteiger partial charge on any atom is -0.468 e. The van der Waals surface area contributed by atoms with Gasteiger partial charge in [0.05, 0.1) is 7.11 Å². The van der Waals surface area contributed by atoms with E-state index in [9.17, 15) is 4.79 Å². The minimum absolute atomic E-state index is 0.179. The highest BCUT2D eigenvalue weighted by atomic mass is 32.2. The summed E-state index contributed by atoms with van der Waals surface area (Å²) in [5.74, 6) is -0.179. The normalized spacial score (nSPS) is 19.0. The first kappa shape index (κ1) is 11.5. The first-order chi connectivity index (χ1) is 7.76. The Morgan fingerprint density at radius 1 is 1.56 bits per heavy atom. The molecule has 0 bridgehead atoms. The summed E-state index contributed by atoms with van der Waals surface area (Å²) in [5.41, 5.74) is 2.57. The fraction of sp³-hybridized carbons (Fsp3) is 0.417. The van der Waals surface area contributed by atoms with E-state index in [1.54, 1.807) is 11.8 Å². The number of hydrogen-bond donors (Lipinski definition) is 1. The Balaban J connectivity index is 2.27. The van der Waals surface area contributed by atoms with Crippen molar-refractivity contribution in [1.82, 2.24) is 5.32 Å². The second kappa shape index (κ2) is 4.89. The third-order valence-electron chi connectivity index (χ3n) is 2.88. The molecule has 2 rings (SSSR count). The number of fused-ring (bicyclic) bond motifs is 1. The van der Waals surface area contributed by atoms with Gasteiger partial charge in [0, 0.05) is 11.4 Å². The Morgan fingerprint density at radius 2 is 2.38 bits per heavy atom. The molecule has 0 radical (unpaired) electrons. The number of rotatable bonds is 2. The molecule has 1 aromatic rings. The summed E-state index contributed by atoms with van der Waals surface area (Å²) < 4.78 is 4.77. The topological polar surface area (TPSA) is 38.3 Å². The SMILES string of the molecule is COC(=O)C1Cc2c(cccc2SC)CN1. The first-order valence-electron chi connectivity index (χ1n) is 5.22. The number of carbonyl (C=O) groups is 1. The number of esters is 1. The molecule has 0 aliphatic carbocycles. The van der Waals surface area contributed by atoms with Crippen LogP contribution in [0.4, 0.5) is 0 Å². The van der Waals surface area contributed by atoms with Crippen LogP contribution in [0.3, 0.4) is 0 Å². The van der Waals surface area contributed by atoms with Crippen LogP contribution in [0.25, 0.3) is 0 Å². The number of hydrogen-bond acceptors (Lipinski definition) is 4. The number of benzene rings is 1. The zero-order valence-electron chi connectivity index (χ0n) is 9.45. The maximum Gasteiger partial charge on any atom is 0.323 e. The van der Waals surface area contributed by atoms with Crippen LogP contribution in [0.5, 0.6) is 0 Å².